The SMILES string of the molecule is C=C(C)/C(=C\N(C)C)n1c(=O)n(C)c2cnc3cc(OC)c(-c4cnn(C)c4)cc3c21. The maximum absolute atomic E-state index is 13.3. The molecule has 3 aromatic heterocycles. The van der Waals surface area contributed by atoms with Crippen LogP contribution in [0, 0.1) is 0 Å². The number of hydrogen-bond acceptors (Lipinski definition) is 5. The van der Waals surface area contributed by atoms with Crippen molar-refractivity contribution in [2.45, 2.75) is 6.92 Å². The Labute approximate surface area is 180 Å². The van der Waals surface area contributed by atoms with Crippen LogP contribution in [0.15, 0.2) is 53.9 Å². The van der Waals surface area contributed by atoms with Crippen molar-refractivity contribution in [1.82, 2.24) is 28.8 Å². The van der Waals surface area contributed by atoms with E-state index in [4.69, 9.17) is 4.74 Å². The summed E-state index contributed by atoms with van der Waals surface area (Å²) in [5.74, 6) is 0.695. The molecule has 0 fully saturated rings. The molecule has 0 aliphatic heterocycles. The minimum Gasteiger partial charge on any atom is -0.496 e. The van der Waals surface area contributed by atoms with Gasteiger partial charge in [-0.05, 0) is 18.6 Å². The fourth-order valence-corrected chi connectivity index (χ4v) is 3.81. The van der Waals surface area contributed by atoms with Crippen LogP contribution in [0.5, 0.6) is 5.75 Å². The summed E-state index contributed by atoms with van der Waals surface area (Å²) in [6.45, 7) is 6.00. The van der Waals surface area contributed by atoms with E-state index in [1.165, 1.54) is 0 Å². The lowest BCUT2D eigenvalue weighted by molar-refractivity contribution is 0.417. The van der Waals surface area contributed by atoms with Gasteiger partial charge in [0.2, 0.25) is 0 Å². The monoisotopic (exact) mass is 418 g/mol. The largest absolute Gasteiger partial charge is 0.496 e. The second-order valence-corrected chi connectivity index (χ2v) is 7.90. The molecule has 0 unspecified atom stereocenters. The predicted molar refractivity (Wildman–Crippen MR) is 124 cm³/mol. The first-order valence-electron chi connectivity index (χ1n) is 9.84. The molecule has 0 atom stereocenters. The summed E-state index contributed by atoms with van der Waals surface area (Å²) in [5, 5.41) is 5.14. The molecule has 4 aromatic rings. The molecule has 0 radical (unpaired) electrons. The minimum atomic E-state index is -0.154. The van der Waals surface area contributed by atoms with Crippen LogP contribution < -0.4 is 10.4 Å². The van der Waals surface area contributed by atoms with E-state index in [0.29, 0.717) is 5.75 Å². The number of imidazole rings is 1. The van der Waals surface area contributed by atoms with Crippen LogP contribution in [0.4, 0.5) is 0 Å². The van der Waals surface area contributed by atoms with E-state index in [0.717, 1.165) is 44.3 Å². The first kappa shape index (κ1) is 20.5. The van der Waals surface area contributed by atoms with Crippen LogP contribution in [0.1, 0.15) is 6.92 Å². The lowest BCUT2D eigenvalue weighted by Gasteiger charge is -2.15. The van der Waals surface area contributed by atoms with Gasteiger partial charge in [0.25, 0.3) is 0 Å². The molecule has 4 rings (SSSR count). The normalized spacial score (nSPS) is 12.0. The molecule has 160 valence electrons. The van der Waals surface area contributed by atoms with E-state index in [-0.39, 0.29) is 5.69 Å². The molecule has 31 heavy (non-hydrogen) atoms. The number of nitrogens with zero attached hydrogens (tertiary/aromatic N) is 6. The van der Waals surface area contributed by atoms with Crippen molar-refractivity contribution in [2.24, 2.45) is 14.1 Å². The molecule has 0 aliphatic rings. The number of allylic oxidation sites excluding steroid dienone is 2. The highest BCUT2D eigenvalue weighted by Crippen LogP contribution is 2.36. The zero-order valence-corrected chi connectivity index (χ0v) is 18.7. The second-order valence-electron chi connectivity index (χ2n) is 7.90. The predicted octanol–water partition coefficient (Wildman–Crippen LogP) is 3.23. The molecular formula is C23H26N6O2. The highest BCUT2D eigenvalue weighted by molar-refractivity contribution is 6.06. The molecule has 0 saturated carbocycles. The van der Waals surface area contributed by atoms with Gasteiger partial charge < -0.3 is 9.64 Å². The third-order valence-corrected chi connectivity index (χ3v) is 5.28. The van der Waals surface area contributed by atoms with Crippen molar-refractivity contribution < 1.29 is 4.74 Å². The van der Waals surface area contributed by atoms with Gasteiger partial charge in [0, 0.05) is 63.2 Å². The molecule has 0 aliphatic carbocycles. The second kappa shape index (κ2) is 7.46. The smallest absolute Gasteiger partial charge is 0.333 e. The van der Waals surface area contributed by atoms with Gasteiger partial charge in [-0.2, -0.15) is 5.10 Å². The van der Waals surface area contributed by atoms with Gasteiger partial charge >= 0.3 is 5.69 Å². The van der Waals surface area contributed by atoms with Gasteiger partial charge in [0.15, 0.2) is 0 Å². The average Bonchev–Trinajstić information content (AvgIpc) is 3.26. The Morgan fingerprint density at radius 2 is 1.97 bits per heavy atom. The number of aryl methyl sites for hydroxylation is 2. The van der Waals surface area contributed by atoms with Crippen LogP contribution in [-0.2, 0) is 14.1 Å². The highest BCUT2D eigenvalue weighted by Gasteiger charge is 2.20. The van der Waals surface area contributed by atoms with Crippen molar-refractivity contribution in [3.8, 4) is 16.9 Å². The van der Waals surface area contributed by atoms with Gasteiger partial charge in [-0.15, -0.1) is 0 Å². The third kappa shape index (κ3) is 3.30. The topological polar surface area (TPSA) is 70.1 Å². The Balaban J connectivity index is 2.17. The number of hydrogen-bond donors (Lipinski definition) is 0. The Morgan fingerprint density at radius 1 is 1.23 bits per heavy atom. The highest BCUT2D eigenvalue weighted by atomic mass is 16.5. The van der Waals surface area contributed by atoms with Gasteiger partial charge in [0.1, 0.15) is 5.75 Å². The molecule has 3 heterocycles. The number of fused-ring (bicyclic) bond motifs is 3. The molecule has 8 heteroatoms. The summed E-state index contributed by atoms with van der Waals surface area (Å²) in [5.41, 5.74) is 5.43. The number of pyridine rings is 1. The molecule has 0 N–H and O–H groups in total. The summed E-state index contributed by atoms with van der Waals surface area (Å²) in [7, 11) is 9.11. The van der Waals surface area contributed by atoms with E-state index < -0.39 is 0 Å². The number of rotatable bonds is 5. The quantitative estimate of drug-likeness (QED) is 0.466. The Bertz CT molecular complexity index is 1420. The van der Waals surface area contributed by atoms with Crippen molar-refractivity contribution >= 4 is 27.6 Å². The first-order chi connectivity index (χ1) is 14.7. The summed E-state index contributed by atoms with van der Waals surface area (Å²) in [4.78, 5) is 19.8. The van der Waals surface area contributed by atoms with E-state index >= 15 is 0 Å². The van der Waals surface area contributed by atoms with Crippen molar-refractivity contribution in [2.75, 3.05) is 21.2 Å². The number of ether oxygens (including phenoxy) is 1. The Hall–Kier alpha value is -3.81. The fourth-order valence-electron chi connectivity index (χ4n) is 3.81. The average molecular weight is 419 g/mol. The molecule has 8 nitrogen and oxygen atoms in total. The molecule has 0 saturated heterocycles. The third-order valence-electron chi connectivity index (χ3n) is 5.28. The summed E-state index contributed by atoms with van der Waals surface area (Å²) >= 11 is 0. The van der Waals surface area contributed by atoms with E-state index in [1.54, 1.807) is 40.4 Å². The van der Waals surface area contributed by atoms with Crippen LogP contribution in [0.3, 0.4) is 0 Å². The Kier molecular flexibility index (Phi) is 4.93. The van der Waals surface area contributed by atoms with Crippen LogP contribution >= 0.6 is 0 Å². The van der Waals surface area contributed by atoms with E-state index in [2.05, 4.69) is 16.7 Å². The van der Waals surface area contributed by atoms with Crippen molar-refractivity contribution in [3.63, 3.8) is 0 Å². The summed E-state index contributed by atoms with van der Waals surface area (Å²) in [6, 6.07) is 3.91. The summed E-state index contributed by atoms with van der Waals surface area (Å²) in [6.07, 6.45) is 7.35. The Morgan fingerprint density at radius 3 is 2.55 bits per heavy atom. The van der Waals surface area contributed by atoms with E-state index in [1.807, 2.05) is 57.5 Å². The first-order valence-corrected chi connectivity index (χ1v) is 9.84. The van der Waals surface area contributed by atoms with E-state index in [9.17, 15) is 4.79 Å². The maximum Gasteiger partial charge on any atom is 0.333 e. The zero-order chi connectivity index (χ0) is 22.4. The number of aromatic nitrogens is 5. The minimum absolute atomic E-state index is 0.154. The fraction of sp³-hybridized carbons (Fsp3) is 0.261. The lowest BCUT2D eigenvalue weighted by atomic mass is 10.0. The molecule has 0 spiro atoms. The molecule has 0 bridgehead atoms. The molecular weight excluding hydrogens is 392 g/mol. The number of methoxy groups -OCH3 is 1. The molecule has 0 amide bonds. The van der Waals surface area contributed by atoms with Crippen molar-refractivity contribution in [1.29, 1.82) is 0 Å². The van der Waals surface area contributed by atoms with Gasteiger partial charge in [-0.3, -0.25) is 18.8 Å². The van der Waals surface area contributed by atoms with Crippen molar-refractivity contribution in [3.05, 3.63) is 59.6 Å². The lowest BCUT2D eigenvalue weighted by Crippen LogP contribution is -2.23. The van der Waals surface area contributed by atoms with Gasteiger partial charge in [0.05, 0.1) is 41.8 Å². The van der Waals surface area contributed by atoms with Gasteiger partial charge in [-0.1, -0.05) is 6.58 Å². The summed E-state index contributed by atoms with van der Waals surface area (Å²) < 4.78 is 10.7. The zero-order valence-electron chi connectivity index (χ0n) is 18.7. The molecule has 1 aromatic carbocycles. The van der Waals surface area contributed by atoms with Gasteiger partial charge in [-0.25, -0.2) is 4.79 Å². The maximum atomic E-state index is 13.3. The van der Waals surface area contributed by atoms with Crippen LogP contribution in [-0.4, -0.2) is 50.0 Å². The van der Waals surface area contributed by atoms with Crippen LogP contribution in [0.25, 0.3) is 38.8 Å². The number of benzene rings is 1. The standard InChI is InChI=1S/C23H26N6O2/c1-14(2)20(13-26(3)4)29-22-17-8-16(15-10-25-27(5)12-15)21(31-7)9-18(17)24-11-19(22)28(6)23(29)30/h8-13H,1H2,2-7H3/b20-13+. The van der Waals surface area contributed by atoms with Crippen LogP contribution in [0.2, 0.25) is 0 Å².